The molecular weight excluding hydrogens is 300 g/mol. The number of aromatic nitrogens is 3. The minimum absolute atomic E-state index is 0.0758. The summed E-state index contributed by atoms with van der Waals surface area (Å²) in [5, 5.41) is 11.6. The van der Waals surface area contributed by atoms with E-state index in [-0.39, 0.29) is 12.0 Å². The van der Waals surface area contributed by atoms with Gasteiger partial charge in [0.1, 0.15) is 17.4 Å². The predicted molar refractivity (Wildman–Crippen MR) is 79.5 cm³/mol. The number of carbonyl (C=O) groups excluding carboxylic acids is 1. The van der Waals surface area contributed by atoms with Crippen molar-refractivity contribution in [2.24, 2.45) is 0 Å². The second-order valence-electron chi connectivity index (χ2n) is 5.39. The average molecular weight is 318 g/mol. The lowest BCUT2D eigenvalue weighted by atomic mass is 10.2. The monoisotopic (exact) mass is 318 g/mol. The van der Waals surface area contributed by atoms with Gasteiger partial charge in [0.15, 0.2) is 0 Å². The molecule has 8 nitrogen and oxygen atoms in total. The third-order valence-electron chi connectivity index (χ3n) is 3.79. The van der Waals surface area contributed by atoms with E-state index in [4.69, 9.17) is 14.0 Å². The number of carbonyl (C=O) groups is 1. The molecule has 1 aliphatic heterocycles. The van der Waals surface area contributed by atoms with Crippen molar-refractivity contribution in [1.82, 2.24) is 20.3 Å². The molecule has 0 N–H and O–H groups in total. The number of methoxy groups -OCH3 is 1. The molecule has 0 bridgehead atoms. The average Bonchev–Trinajstić information content (AvgIpc) is 3.15. The summed E-state index contributed by atoms with van der Waals surface area (Å²) in [6, 6.07) is 3.38. The van der Waals surface area contributed by atoms with Gasteiger partial charge >= 0.3 is 0 Å². The normalized spacial score (nSPS) is 17.3. The second-order valence-corrected chi connectivity index (χ2v) is 5.39. The van der Waals surface area contributed by atoms with Crippen molar-refractivity contribution in [3.8, 4) is 11.8 Å². The van der Waals surface area contributed by atoms with E-state index >= 15 is 0 Å². The van der Waals surface area contributed by atoms with Gasteiger partial charge in [-0.2, -0.15) is 0 Å². The van der Waals surface area contributed by atoms with Crippen LogP contribution < -0.4 is 9.47 Å². The van der Waals surface area contributed by atoms with Gasteiger partial charge in [-0.15, -0.1) is 10.2 Å². The summed E-state index contributed by atoms with van der Waals surface area (Å²) in [4.78, 5) is 14.3. The van der Waals surface area contributed by atoms with Gasteiger partial charge in [0.05, 0.1) is 19.3 Å². The summed E-state index contributed by atoms with van der Waals surface area (Å²) in [6.45, 7) is 4.62. The zero-order chi connectivity index (χ0) is 16.4. The molecule has 1 fully saturated rings. The van der Waals surface area contributed by atoms with E-state index in [2.05, 4.69) is 15.4 Å². The van der Waals surface area contributed by atoms with E-state index in [0.29, 0.717) is 41.9 Å². The molecule has 3 heterocycles. The van der Waals surface area contributed by atoms with Crippen LogP contribution in [0.15, 0.2) is 16.7 Å². The first-order valence-electron chi connectivity index (χ1n) is 7.35. The van der Waals surface area contributed by atoms with Crippen LogP contribution in [0.2, 0.25) is 0 Å². The standard InChI is InChI=1S/C15H18N4O4/c1-9-14(10(2)23-18-9)15(20)19-7-6-11(8-19)22-13-5-4-12(21-3)16-17-13/h4-5,11H,6-8H2,1-3H3. The number of hydrogen-bond acceptors (Lipinski definition) is 7. The Kier molecular flexibility index (Phi) is 4.14. The van der Waals surface area contributed by atoms with Crippen LogP contribution in [0.5, 0.6) is 11.8 Å². The number of hydrogen-bond donors (Lipinski definition) is 0. The van der Waals surface area contributed by atoms with Crippen molar-refractivity contribution in [1.29, 1.82) is 0 Å². The Morgan fingerprint density at radius 3 is 2.65 bits per heavy atom. The molecule has 23 heavy (non-hydrogen) atoms. The maximum Gasteiger partial charge on any atom is 0.259 e. The lowest BCUT2D eigenvalue weighted by Gasteiger charge is -2.16. The minimum Gasteiger partial charge on any atom is -0.480 e. The van der Waals surface area contributed by atoms with Crippen molar-refractivity contribution in [2.75, 3.05) is 20.2 Å². The van der Waals surface area contributed by atoms with E-state index in [0.717, 1.165) is 6.42 Å². The van der Waals surface area contributed by atoms with Crippen LogP contribution in [0.4, 0.5) is 0 Å². The van der Waals surface area contributed by atoms with Crippen molar-refractivity contribution in [2.45, 2.75) is 26.4 Å². The van der Waals surface area contributed by atoms with E-state index < -0.39 is 0 Å². The Hall–Kier alpha value is -2.64. The molecule has 1 unspecified atom stereocenters. The van der Waals surface area contributed by atoms with E-state index in [1.165, 1.54) is 7.11 Å². The molecule has 0 spiro atoms. The number of nitrogens with zero attached hydrogens (tertiary/aromatic N) is 4. The number of likely N-dealkylation sites (tertiary alicyclic amines) is 1. The summed E-state index contributed by atoms with van der Waals surface area (Å²) in [7, 11) is 1.53. The molecule has 0 aliphatic carbocycles. The summed E-state index contributed by atoms with van der Waals surface area (Å²) in [6.07, 6.45) is 0.630. The van der Waals surface area contributed by atoms with Gasteiger partial charge in [-0.25, -0.2) is 0 Å². The molecule has 122 valence electrons. The largest absolute Gasteiger partial charge is 0.480 e. The molecule has 8 heteroatoms. The molecular formula is C15H18N4O4. The highest BCUT2D eigenvalue weighted by atomic mass is 16.5. The topological polar surface area (TPSA) is 90.6 Å². The van der Waals surface area contributed by atoms with Crippen LogP contribution in [0.3, 0.4) is 0 Å². The van der Waals surface area contributed by atoms with E-state index in [9.17, 15) is 4.79 Å². The van der Waals surface area contributed by atoms with Gasteiger partial charge in [0, 0.05) is 25.1 Å². The van der Waals surface area contributed by atoms with Gasteiger partial charge in [-0.3, -0.25) is 4.79 Å². The zero-order valence-electron chi connectivity index (χ0n) is 13.3. The molecule has 1 aliphatic rings. The lowest BCUT2D eigenvalue weighted by Crippen LogP contribution is -2.31. The summed E-state index contributed by atoms with van der Waals surface area (Å²) >= 11 is 0. The Labute approximate surface area is 133 Å². The predicted octanol–water partition coefficient (Wildman–Crippen LogP) is 1.38. The Balaban J connectivity index is 1.63. The smallest absolute Gasteiger partial charge is 0.259 e. The van der Waals surface area contributed by atoms with Crippen molar-refractivity contribution < 1.29 is 18.8 Å². The molecule has 3 rings (SSSR count). The van der Waals surface area contributed by atoms with Crippen LogP contribution >= 0.6 is 0 Å². The summed E-state index contributed by atoms with van der Waals surface area (Å²) in [5.41, 5.74) is 1.15. The fourth-order valence-electron chi connectivity index (χ4n) is 2.61. The third-order valence-corrected chi connectivity index (χ3v) is 3.79. The van der Waals surface area contributed by atoms with Gasteiger partial charge in [-0.05, 0) is 13.8 Å². The SMILES string of the molecule is COc1ccc(OC2CCN(C(=O)c3c(C)noc3C)C2)nn1. The number of rotatable bonds is 4. The van der Waals surface area contributed by atoms with Crippen molar-refractivity contribution in [3.63, 3.8) is 0 Å². The molecule has 0 radical (unpaired) electrons. The first kappa shape index (κ1) is 15.3. The fourth-order valence-corrected chi connectivity index (χ4v) is 2.61. The Bertz CT molecular complexity index is 679. The first-order valence-corrected chi connectivity index (χ1v) is 7.35. The van der Waals surface area contributed by atoms with Crippen LogP contribution in [-0.2, 0) is 0 Å². The Morgan fingerprint density at radius 1 is 1.30 bits per heavy atom. The molecule has 1 atom stereocenters. The van der Waals surface area contributed by atoms with Gasteiger partial charge in [0.25, 0.3) is 5.91 Å². The molecule has 1 amide bonds. The van der Waals surface area contributed by atoms with Crippen molar-refractivity contribution in [3.05, 3.63) is 29.2 Å². The van der Waals surface area contributed by atoms with E-state index in [1.54, 1.807) is 30.9 Å². The molecule has 2 aromatic heterocycles. The zero-order valence-corrected chi connectivity index (χ0v) is 13.3. The molecule has 2 aromatic rings. The first-order chi connectivity index (χ1) is 11.1. The molecule has 0 aromatic carbocycles. The highest BCUT2D eigenvalue weighted by Crippen LogP contribution is 2.21. The van der Waals surface area contributed by atoms with Gasteiger partial charge in [0.2, 0.25) is 11.8 Å². The summed E-state index contributed by atoms with van der Waals surface area (Å²) < 4.78 is 15.8. The van der Waals surface area contributed by atoms with Gasteiger partial charge in [-0.1, -0.05) is 5.16 Å². The lowest BCUT2D eigenvalue weighted by molar-refractivity contribution is 0.0768. The minimum atomic E-state index is -0.109. The van der Waals surface area contributed by atoms with Crippen molar-refractivity contribution >= 4 is 5.91 Å². The number of aryl methyl sites for hydroxylation is 2. The van der Waals surface area contributed by atoms with Crippen LogP contribution in [0.25, 0.3) is 0 Å². The second kappa shape index (κ2) is 6.23. The molecule has 0 saturated carbocycles. The highest BCUT2D eigenvalue weighted by Gasteiger charge is 2.31. The summed E-state index contributed by atoms with van der Waals surface area (Å²) in [5.74, 6) is 1.31. The number of amides is 1. The maximum absolute atomic E-state index is 12.6. The highest BCUT2D eigenvalue weighted by molar-refractivity contribution is 5.96. The fraction of sp³-hybridized carbons (Fsp3) is 0.467. The molecule has 1 saturated heterocycles. The van der Waals surface area contributed by atoms with Crippen LogP contribution in [0.1, 0.15) is 28.2 Å². The third kappa shape index (κ3) is 3.10. The van der Waals surface area contributed by atoms with Crippen LogP contribution in [0, 0.1) is 13.8 Å². The van der Waals surface area contributed by atoms with Gasteiger partial charge < -0.3 is 18.9 Å². The number of ether oxygens (including phenoxy) is 2. The van der Waals surface area contributed by atoms with E-state index in [1.807, 2.05) is 0 Å². The quantitative estimate of drug-likeness (QED) is 0.841. The van der Waals surface area contributed by atoms with Crippen LogP contribution in [-0.4, -0.2) is 52.5 Å². The Morgan fingerprint density at radius 2 is 2.04 bits per heavy atom. The maximum atomic E-state index is 12.6.